The van der Waals surface area contributed by atoms with E-state index in [1.54, 1.807) is 0 Å². The van der Waals surface area contributed by atoms with Crippen LogP contribution in [-0.2, 0) is 0 Å². The van der Waals surface area contributed by atoms with Gasteiger partial charge in [0.2, 0.25) is 5.78 Å². The molecule has 0 spiro atoms. The number of carbonyl (C=O) groups is 1. The average molecular weight is 293 g/mol. The minimum atomic E-state index is -0.681. The van der Waals surface area contributed by atoms with Crippen molar-refractivity contribution in [2.75, 3.05) is 0 Å². The zero-order valence-corrected chi connectivity index (χ0v) is 10.7. The summed E-state index contributed by atoms with van der Waals surface area (Å²) in [4.78, 5) is 12.2. The Bertz CT molecular complexity index is 824. The first-order valence-electron chi connectivity index (χ1n) is 5.74. The van der Waals surface area contributed by atoms with Gasteiger partial charge in [0.05, 0.1) is 5.02 Å². The summed E-state index contributed by atoms with van der Waals surface area (Å²) in [6.07, 6.45) is 0. The standard InChI is InChI=1S/C15H7ClF2O2/c16-14-10(2-1-3-11(14)18)15(19)13-7-8-6-9(17)4-5-12(8)20-13/h1-7H. The smallest absolute Gasteiger partial charge is 0.229 e. The summed E-state index contributed by atoms with van der Waals surface area (Å²) < 4.78 is 31.8. The summed E-state index contributed by atoms with van der Waals surface area (Å²) in [6, 6.07) is 9.26. The van der Waals surface area contributed by atoms with Gasteiger partial charge in [-0.05, 0) is 36.4 Å². The highest BCUT2D eigenvalue weighted by atomic mass is 35.5. The molecule has 0 amide bonds. The molecule has 2 aromatic carbocycles. The monoisotopic (exact) mass is 292 g/mol. The number of carbonyl (C=O) groups excluding carboxylic acids is 1. The third kappa shape index (κ3) is 2.08. The largest absolute Gasteiger partial charge is 0.453 e. The lowest BCUT2D eigenvalue weighted by molar-refractivity contribution is 0.101. The molecular weight excluding hydrogens is 286 g/mol. The normalized spacial score (nSPS) is 10.9. The van der Waals surface area contributed by atoms with Crippen LogP contribution in [0.1, 0.15) is 16.1 Å². The van der Waals surface area contributed by atoms with Crippen molar-refractivity contribution in [3.8, 4) is 0 Å². The Hall–Kier alpha value is -2.20. The summed E-state index contributed by atoms with van der Waals surface area (Å²) >= 11 is 5.76. The Morgan fingerprint density at radius 1 is 1.10 bits per heavy atom. The van der Waals surface area contributed by atoms with Gasteiger partial charge in [-0.15, -0.1) is 0 Å². The molecule has 3 rings (SSSR count). The molecule has 3 aromatic rings. The lowest BCUT2D eigenvalue weighted by atomic mass is 10.1. The number of benzene rings is 2. The van der Waals surface area contributed by atoms with E-state index < -0.39 is 17.4 Å². The van der Waals surface area contributed by atoms with Crippen LogP contribution < -0.4 is 0 Å². The molecule has 0 aliphatic carbocycles. The zero-order valence-electron chi connectivity index (χ0n) is 9.99. The van der Waals surface area contributed by atoms with Crippen LogP contribution in [0.15, 0.2) is 46.9 Å². The predicted octanol–water partition coefficient (Wildman–Crippen LogP) is 4.60. The fourth-order valence-corrected chi connectivity index (χ4v) is 2.15. The Morgan fingerprint density at radius 3 is 2.70 bits per heavy atom. The van der Waals surface area contributed by atoms with E-state index in [9.17, 15) is 13.6 Å². The lowest BCUT2D eigenvalue weighted by Gasteiger charge is -2.01. The molecule has 0 saturated heterocycles. The second-order valence-corrected chi connectivity index (χ2v) is 4.60. The third-order valence-corrected chi connectivity index (χ3v) is 3.28. The number of hydrogen-bond acceptors (Lipinski definition) is 2. The predicted molar refractivity (Wildman–Crippen MR) is 71.0 cm³/mol. The summed E-state index contributed by atoms with van der Waals surface area (Å²) in [5, 5.41) is 0.199. The van der Waals surface area contributed by atoms with E-state index in [0.29, 0.717) is 11.0 Å². The van der Waals surface area contributed by atoms with E-state index in [4.69, 9.17) is 16.0 Å². The van der Waals surface area contributed by atoms with Crippen LogP contribution in [0.5, 0.6) is 0 Å². The second kappa shape index (κ2) is 4.72. The molecule has 0 aliphatic heterocycles. The summed E-state index contributed by atoms with van der Waals surface area (Å²) in [5.41, 5.74) is 0.383. The van der Waals surface area contributed by atoms with Crippen molar-refractivity contribution in [2.45, 2.75) is 0 Å². The number of rotatable bonds is 2. The molecule has 0 N–H and O–H groups in total. The first kappa shape index (κ1) is 12.8. The molecule has 0 fully saturated rings. The van der Waals surface area contributed by atoms with Gasteiger partial charge in [0.1, 0.15) is 17.2 Å². The molecule has 1 heterocycles. The third-order valence-electron chi connectivity index (χ3n) is 2.90. The van der Waals surface area contributed by atoms with Gasteiger partial charge in [0.25, 0.3) is 0 Å². The van der Waals surface area contributed by atoms with Gasteiger partial charge in [-0.25, -0.2) is 8.78 Å². The molecule has 1 aromatic heterocycles. The van der Waals surface area contributed by atoms with E-state index >= 15 is 0 Å². The SMILES string of the molecule is O=C(c1cc2cc(F)ccc2o1)c1cccc(F)c1Cl. The molecule has 0 aliphatic rings. The molecule has 2 nitrogen and oxygen atoms in total. The van der Waals surface area contributed by atoms with Crippen molar-refractivity contribution < 1.29 is 18.0 Å². The Morgan fingerprint density at radius 2 is 1.90 bits per heavy atom. The van der Waals surface area contributed by atoms with Gasteiger partial charge in [-0.1, -0.05) is 17.7 Å². The molecule has 100 valence electrons. The minimum Gasteiger partial charge on any atom is -0.453 e. The van der Waals surface area contributed by atoms with Gasteiger partial charge < -0.3 is 4.42 Å². The van der Waals surface area contributed by atoms with Crippen molar-refractivity contribution in [2.24, 2.45) is 0 Å². The van der Waals surface area contributed by atoms with E-state index in [1.165, 1.54) is 36.4 Å². The molecule has 0 bridgehead atoms. The molecule has 0 radical (unpaired) electrons. The first-order chi connectivity index (χ1) is 9.56. The highest BCUT2D eigenvalue weighted by molar-refractivity contribution is 6.35. The topological polar surface area (TPSA) is 30.2 Å². The Labute approximate surface area is 117 Å². The van der Waals surface area contributed by atoms with E-state index in [-0.39, 0.29) is 16.3 Å². The van der Waals surface area contributed by atoms with Crippen LogP contribution in [0.2, 0.25) is 5.02 Å². The van der Waals surface area contributed by atoms with Crippen LogP contribution >= 0.6 is 11.6 Å². The van der Waals surface area contributed by atoms with Crippen LogP contribution in [0.25, 0.3) is 11.0 Å². The van der Waals surface area contributed by atoms with Gasteiger partial charge >= 0.3 is 0 Å². The van der Waals surface area contributed by atoms with Gasteiger partial charge in [0, 0.05) is 10.9 Å². The summed E-state index contributed by atoms with van der Waals surface area (Å²) in [7, 11) is 0. The number of furan rings is 1. The number of fused-ring (bicyclic) bond motifs is 1. The van der Waals surface area contributed by atoms with Crippen molar-refractivity contribution in [1.82, 2.24) is 0 Å². The first-order valence-corrected chi connectivity index (χ1v) is 6.12. The minimum absolute atomic E-state index is 0.00574. The molecule has 0 unspecified atom stereocenters. The van der Waals surface area contributed by atoms with Crippen LogP contribution in [0.3, 0.4) is 0 Å². The molecule has 5 heteroatoms. The van der Waals surface area contributed by atoms with Crippen molar-refractivity contribution in [3.63, 3.8) is 0 Å². The second-order valence-electron chi connectivity index (χ2n) is 4.22. The highest BCUT2D eigenvalue weighted by Crippen LogP contribution is 2.26. The van der Waals surface area contributed by atoms with Crippen LogP contribution in [0.4, 0.5) is 8.78 Å². The van der Waals surface area contributed by atoms with Gasteiger partial charge in [-0.3, -0.25) is 4.79 Å². The van der Waals surface area contributed by atoms with E-state index in [2.05, 4.69) is 0 Å². The number of hydrogen-bond donors (Lipinski definition) is 0. The lowest BCUT2D eigenvalue weighted by Crippen LogP contribution is -2.01. The maximum absolute atomic E-state index is 13.3. The maximum atomic E-state index is 13.3. The quantitative estimate of drug-likeness (QED) is 0.646. The highest BCUT2D eigenvalue weighted by Gasteiger charge is 2.19. The van der Waals surface area contributed by atoms with Gasteiger partial charge in [0.15, 0.2) is 5.76 Å². The Kier molecular flexibility index (Phi) is 3.03. The van der Waals surface area contributed by atoms with Crippen molar-refractivity contribution >= 4 is 28.4 Å². The fraction of sp³-hybridized carbons (Fsp3) is 0. The Balaban J connectivity index is 2.10. The van der Waals surface area contributed by atoms with Crippen molar-refractivity contribution in [1.29, 1.82) is 0 Å². The summed E-state index contributed by atoms with van der Waals surface area (Å²) in [6.45, 7) is 0. The van der Waals surface area contributed by atoms with Gasteiger partial charge in [-0.2, -0.15) is 0 Å². The summed E-state index contributed by atoms with van der Waals surface area (Å²) in [5.74, 6) is -1.68. The van der Waals surface area contributed by atoms with E-state index in [0.717, 1.165) is 6.07 Å². The number of halogens is 3. The van der Waals surface area contributed by atoms with Crippen molar-refractivity contribution in [3.05, 3.63) is 70.4 Å². The number of ketones is 1. The fourth-order valence-electron chi connectivity index (χ4n) is 1.94. The molecular formula is C15H7ClF2O2. The zero-order chi connectivity index (χ0) is 14.3. The van der Waals surface area contributed by atoms with E-state index in [1.807, 2.05) is 0 Å². The van der Waals surface area contributed by atoms with Crippen LogP contribution in [0, 0.1) is 11.6 Å². The molecule has 20 heavy (non-hydrogen) atoms. The average Bonchev–Trinajstić information content (AvgIpc) is 2.84. The van der Waals surface area contributed by atoms with Crippen LogP contribution in [-0.4, -0.2) is 5.78 Å². The maximum Gasteiger partial charge on any atom is 0.229 e. The molecule has 0 saturated carbocycles. The molecule has 0 atom stereocenters.